The van der Waals surface area contributed by atoms with Crippen LogP contribution in [0, 0.1) is 5.92 Å². The highest BCUT2D eigenvalue weighted by molar-refractivity contribution is 4.66. The van der Waals surface area contributed by atoms with E-state index < -0.39 is 0 Å². The van der Waals surface area contributed by atoms with Gasteiger partial charge < -0.3 is 10.1 Å². The van der Waals surface area contributed by atoms with Gasteiger partial charge in [0.1, 0.15) is 0 Å². The third kappa shape index (κ3) is 8.93. The Bertz CT molecular complexity index is 168. The molecule has 2 nitrogen and oxygen atoms in total. The van der Waals surface area contributed by atoms with Crippen LogP contribution in [0.3, 0.4) is 0 Å². The van der Waals surface area contributed by atoms with Crippen molar-refractivity contribution in [3.05, 3.63) is 0 Å². The largest absolute Gasteiger partial charge is 0.377 e. The third-order valence-corrected chi connectivity index (χ3v) is 3.84. The smallest absolute Gasteiger partial charge is 0.0671 e. The molecule has 0 amide bonds. The summed E-state index contributed by atoms with van der Waals surface area (Å²) >= 11 is 0. The van der Waals surface area contributed by atoms with Gasteiger partial charge in [-0.25, -0.2) is 0 Å². The summed E-state index contributed by atoms with van der Waals surface area (Å²) in [7, 11) is 0. The molecule has 2 heteroatoms. The molecule has 0 rings (SSSR count). The van der Waals surface area contributed by atoms with E-state index in [1.54, 1.807) is 0 Å². The molecule has 110 valence electrons. The van der Waals surface area contributed by atoms with Crippen LogP contribution in [0.2, 0.25) is 0 Å². The number of hydrogen-bond donors (Lipinski definition) is 1. The van der Waals surface area contributed by atoms with E-state index in [4.69, 9.17) is 4.74 Å². The second-order valence-electron chi connectivity index (χ2n) is 5.48. The van der Waals surface area contributed by atoms with Crippen molar-refractivity contribution in [1.29, 1.82) is 0 Å². The molecule has 0 bridgehead atoms. The number of rotatable bonds is 12. The summed E-state index contributed by atoms with van der Waals surface area (Å²) in [5, 5.41) is 3.58. The number of unbranched alkanes of at least 4 members (excludes halogenated alkanes) is 1. The maximum Gasteiger partial charge on any atom is 0.0671 e. The maximum atomic E-state index is 5.97. The minimum absolute atomic E-state index is 0.335. The van der Waals surface area contributed by atoms with E-state index in [0.29, 0.717) is 12.1 Å². The lowest BCUT2D eigenvalue weighted by Gasteiger charge is -2.21. The molecule has 0 aromatic heterocycles. The van der Waals surface area contributed by atoms with Crippen LogP contribution in [0.25, 0.3) is 0 Å². The van der Waals surface area contributed by atoms with Crippen LogP contribution >= 0.6 is 0 Å². The zero-order chi connectivity index (χ0) is 13.8. The van der Waals surface area contributed by atoms with Gasteiger partial charge in [0.25, 0.3) is 0 Å². The van der Waals surface area contributed by atoms with Crippen LogP contribution in [0.15, 0.2) is 0 Å². The van der Waals surface area contributed by atoms with Gasteiger partial charge >= 0.3 is 0 Å². The lowest BCUT2D eigenvalue weighted by Crippen LogP contribution is -2.35. The second-order valence-corrected chi connectivity index (χ2v) is 5.48. The fourth-order valence-corrected chi connectivity index (χ4v) is 2.17. The topological polar surface area (TPSA) is 21.3 Å². The monoisotopic (exact) mass is 257 g/mol. The van der Waals surface area contributed by atoms with Gasteiger partial charge in [-0.3, -0.25) is 0 Å². The molecule has 0 spiro atoms. The molecule has 0 radical (unpaired) electrons. The van der Waals surface area contributed by atoms with Gasteiger partial charge in [0, 0.05) is 19.2 Å². The maximum absolute atomic E-state index is 5.97. The van der Waals surface area contributed by atoms with Crippen LogP contribution in [-0.2, 0) is 4.74 Å². The highest BCUT2D eigenvalue weighted by atomic mass is 16.5. The molecule has 0 aromatic carbocycles. The van der Waals surface area contributed by atoms with Crippen molar-refractivity contribution in [3.63, 3.8) is 0 Å². The molecule has 0 aromatic rings. The summed E-state index contributed by atoms with van der Waals surface area (Å²) in [5.41, 5.74) is 0. The predicted octanol–water partition coefficient (Wildman–Crippen LogP) is 4.39. The van der Waals surface area contributed by atoms with E-state index in [0.717, 1.165) is 19.1 Å². The van der Waals surface area contributed by atoms with Crippen LogP contribution in [0.1, 0.15) is 73.1 Å². The molecule has 0 saturated carbocycles. The minimum Gasteiger partial charge on any atom is -0.377 e. The number of ether oxygens (including phenoxy) is 1. The number of hydrogen-bond acceptors (Lipinski definition) is 2. The summed E-state index contributed by atoms with van der Waals surface area (Å²) in [5.74, 6) is 0.751. The Morgan fingerprint density at radius 1 is 1.00 bits per heavy atom. The van der Waals surface area contributed by atoms with Gasteiger partial charge in [0.2, 0.25) is 0 Å². The second kappa shape index (κ2) is 12.0. The van der Waals surface area contributed by atoms with Crippen molar-refractivity contribution in [1.82, 2.24) is 5.32 Å². The Hall–Kier alpha value is -0.0800. The Balaban J connectivity index is 3.69. The first-order chi connectivity index (χ1) is 8.67. The van der Waals surface area contributed by atoms with Crippen LogP contribution in [0.4, 0.5) is 0 Å². The summed E-state index contributed by atoms with van der Waals surface area (Å²) in [6.45, 7) is 13.1. The Labute approximate surface area is 115 Å². The first-order valence-electron chi connectivity index (χ1n) is 8.02. The van der Waals surface area contributed by atoms with Crippen LogP contribution in [0.5, 0.6) is 0 Å². The van der Waals surface area contributed by atoms with Crippen molar-refractivity contribution >= 4 is 0 Å². The standard InChI is InChI=1S/C16H35NO/c1-6-10-11-15(7-2)13-18-14(5)12-17-16(8-3)9-4/h14-17H,6-13H2,1-5H3. The van der Waals surface area contributed by atoms with E-state index in [-0.39, 0.29) is 0 Å². The molecular formula is C16H35NO. The van der Waals surface area contributed by atoms with E-state index in [1.165, 1.54) is 38.5 Å². The minimum atomic E-state index is 0.335. The van der Waals surface area contributed by atoms with Crippen LogP contribution in [-0.4, -0.2) is 25.3 Å². The van der Waals surface area contributed by atoms with Gasteiger partial charge in [0.15, 0.2) is 0 Å². The Morgan fingerprint density at radius 2 is 1.67 bits per heavy atom. The lowest BCUT2D eigenvalue weighted by molar-refractivity contribution is 0.0352. The normalized spacial score (nSPS) is 15.0. The average molecular weight is 257 g/mol. The molecule has 0 aliphatic rings. The van der Waals surface area contributed by atoms with E-state index >= 15 is 0 Å². The Kier molecular flexibility index (Phi) is 11.9. The zero-order valence-electron chi connectivity index (χ0n) is 13.3. The summed E-state index contributed by atoms with van der Waals surface area (Å²) < 4.78 is 5.97. The molecule has 1 N–H and O–H groups in total. The van der Waals surface area contributed by atoms with Crippen molar-refractivity contribution in [3.8, 4) is 0 Å². The van der Waals surface area contributed by atoms with E-state index in [1.807, 2.05) is 0 Å². The zero-order valence-corrected chi connectivity index (χ0v) is 13.3. The molecule has 0 saturated heterocycles. The van der Waals surface area contributed by atoms with E-state index in [9.17, 15) is 0 Å². The van der Waals surface area contributed by atoms with E-state index in [2.05, 4.69) is 39.9 Å². The number of nitrogens with one attached hydrogen (secondary N) is 1. The third-order valence-electron chi connectivity index (χ3n) is 3.84. The van der Waals surface area contributed by atoms with Gasteiger partial charge in [-0.2, -0.15) is 0 Å². The molecule has 0 aliphatic carbocycles. The summed E-state index contributed by atoms with van der Waals surface area (Å²) in [6, 6.07) is 0.651. The molecule has 0 fully saturated rings. The first kappa shape index (κ1) is 17.9. The van der Waals surface area contributed by atoms with Gasteiger partial charge in [-0.05, 0) is 32.1 Å². The van der Waals surface area contributed by atoms with Gasteiger partial charge in [0.05, 0.1) is 6.10 Å². The van der Waals surface area contributed by atoms with Crippen molar-refractivity contribution in [2.24, 2.45) is 5.92 Å². The SMILES string of the molecule is CCCCC(CC)COC(C)CNC(CC)CC. The molecule has 0 aliphatic heterocycles. The summed E-state index contributed by atoms with van der Waals surface area (Å²) in [6.07, 6.45) is 7.94. The van der Waals surface area contributed by atoms with Gasteiger partial charge in [-0.15, -0.1) is 0 Å². The predicted molar refractivity (Wildman–Crippen MR) is 81.1 cm³/mol. The fraction of sp³-hybridized carbons (Fsp3) is 1.00. The van der Waals surface area contributed by atoms with Crippen molar-refractivity contribution < 1.29 is 4.74 Å². The van der Waals surface area contributed by atoms with Crippen molar-refractivity contribution in [2.75, 3.05) is 13.2 Å². The fourth-order valence-electron chi connectivity index (χ4n) is 2.17. The first-order valence-corrected chi connectivity index (χ1v) is 8.02. The quantitative estimate of drug-likeness (QED) is 0.560. The highest BCUT2D eigenvalue weighted by Gasteiger charge is 2.10. The van der Waals surface area contributed by atoms with Crippen LogP contribution < -0.4 is 5.32 Å². The molecular weight excluding hydrogens is 222 g/mol. The van der Waals surface area contributed by atoms with Crippen molar-refractivity contribution in [2.45, 2.75) is 85.3 Å². The Morgan fingerprint density at radius 3 is 2.17 bits per heavy atom. The summed E-state index contributed by atoms with van der Waals surface area (Å²) in [4.78, 5) is 0. The highest BCUT2D eigenvalue weighted by Crippen LogP contribution is 2.13. The lowest BCUT2D eigenvalue weighted by atomic mass is 10.0. The van der Waals surface area contributed by atoms with Gasteiger partial charge in [-0.1, -0.05) is 47.0 Å². The average Bonchev–Trinajstić information content (AvgIpc) is 2.40. The molecule has 18 heavy (non-hydrogen) atoms. The molecule has 2 atom stereocenters. The molecule has 0 heterocycles. The molecule has 2 unspecified atom stereocenters.